The summed E-state index contributed by atoms with van der Waals surface area (Å²) in [6.45, 7) is 0.409. The number of hydrogen-bond donors (Lipinski definition) is 2. The van der Waals surface area contributed by atoms with Crippen LogP contribution in [0.1, 0.15) is 38.5 Å². The summed E-state index contributed by atoms with van der Waals surface area (Å²) in [6.07, 6.45) is 8.03. The topological polar surface area (TPSA) is 75.3 Å². The number of thioether (sulfide) groups is 1. The van der Waals surface area contributed by atoms with Crippen LogP contribution in [0.25, 0.3) is 0 Å². The van der Waals surface area contributed by atoms with Gasteiger partial charge in [-0.05, 0) is 50.3 Å². The Morgan fingerprint density at radius 1 is 1.21 bits per heavy atom. The van der Waals surface area contributed by atoms with Crippen LogP contribution in [-0.4, -0.2) is 26.6 Å². The molecule has 0 saturated heterocycles. The van der Waals surface area contributed by atoms with E-state index >= 15 is 0 Å². The number of hydrogen-bond acceptors (Lipinski definition) is 4. The molecule has 0 aromatic heterocycles. The zero-order chi connectivity index (χ0) is 17.0. The van der Waals surface area contributed by atoms with Gasteiger partial charge >= 0.3 is 0 Å². The first-order valence-electron chi connectivity index (χ1n) is 8.29. The Hall–Kier alpha value is -1.31. The zero-order valence-corrected chi connectivity index (χ0v) is 15.1. The molecule has 1 aliphatic heterocycles. The number of nitrogens with one attached hydrogen (secondary N) is 2. The number of allylic oxidation sites excluding steroid dienone is 1. The van der Waals surface area contributed by atoms with E-state index in [9.17, 15) is 13.2 Å². The predicted octanol–water partition coefficient (Wildman–Crippen LogP) is 3.29. The van der Waals surface area contributed by atoms with Gasteiger partial charge in [-0.15, -0.1) is 11.8 Å². The lowest BCUT2D eigenvalue weighted by Crippen LogP contribution is -2.25. The third-order valence-corrected chi connectivity index (χ3v) is 6.78. The van der Waals surface area contributed by atoms with E-state index in [0.29, 0.717) is 24.4 Å². The highest BCUT2D eigenvalue weighted by Gasteiger charge is 2.19. The van der Waals surface area contributed by atoms with Crippen molar-refractivity contribution in [2.45, 2.75) is 48.3 Å². The molecule has 5 nitrogen and oxygen atoms in total. The Kier molecular flexibility index (Phi) is 5.63. The van der Waals surface area contributed by atoms with Crippen LogP contribution in [0.5, 0.6) is 0 Å². The standard InChI is InChI=1S/C17H22N2O3S2/c20-17-9-11-23-16-7-6-14(12-15(16)19-17)24(21,22)18-10-8-13-4-2-1-3-5-13/h4,6-7,12,18H,1-3,5,8-11H2,(H,19,20). The van der Waals surface area contributed by atoms with E-state index in [2.05, 4.69) is 16.1 Å². The van der Waals surface area contributed by atoms with E-state index in [1.54, 1.807) is 30.0 Å². The number of rotatable bonds is 5. The second-order valence-electron chi connectivity index (χ2n) is 6.06. The lowest BCUT2D eigenvalue weighted by atomic mass is 9.97. The minimum Gasteiger partial charge on any atom is -0.325 e. The molecule has 24 heavy (non-hydrogen) atoms. The van der Waals surface area contributed by atoms with Crippen LogP contribution in [0, 0.1) is 0 Å². The van der Waals surface area contributed by atoms with E-state index in [1.807, 2.05) is 0 Å². The molecule has 2 N–H and O–H groups in total. The van der Waals surface area contributed by atoms with Gasteiger partial charge in [-0.25, -0.2) is 13.1 Å². The van der Waals surface area contributed by atoms with Gasteiger partial charge in [0, 0.05) is 23.6 Å². The van der Waals surface area contributed by atoms with E-state index in [-0.39, 0.29) is 10.8 Å². The Morgan fingerprint density at radius 3 is 2.88 bits per heavy atom. The number of carbonyl (C=O) groups excluding carboxylic acids is 1. The van der Waals surface area contributed by atoms with Crippen molar-refractivity contribution in [1.82, 2.24) is 4.72 Å². The van der Waals surface area contributed by atoms with Crippen LogP contribution >= 0.6 is 11.8 Å². The predicted molar refractivity (Wildman–Crippen MR) is 96.8 cm³/mol. The van der Waals surface area contributed by atoms with Crippen LogP contribution in [0.2, 0.25) is 0 Å². The SMILES string of the molecule is O=C1CCSc2ccc(S(=O)(=O)NCCC3=CCCCC3)cc2N1. The molecule has 7 heteroatoms. The second-order valence-corrected chi connectivity index (χ2v) is 8.96. The molecule has 0 spiro atoms. The highest BCUT2D eigenvalue weighted by molar-refractivity contribution is 7.99. The van der Waals surface area contributed by atoms with E-state index in [1.165, 1.54) is 18.4 Å². The molecule has 130 valence electrons. The van der Waals surface area contributed by atoms with Gasteiger partial charge in [-0.3, -0.25) is 4.79 Å². The maximum absolute atomic E-state index is 12.5. The lowest BCUT2D eigenvalue weighted by Gasteiger charge is -2.14. The first kappa shape index (κ1) is 17.5. The van der Waals surface area contributed by atoms with Crippen molar-refractivity contribution in [3.8, 4) is 0 Å². The fourth-order valence-electron chi connectivity index (χ4n) is 2.93. The quantitative estimate of drug-likeness (QED) is 0.784. The first-order valence-corrected chi connectivity index (χ1v) is 10.8. The summed E-state index contributed by atoms with van der Waals surface area (Å²) in [4.78, 5) is 12.8. The van der Waals surface area contributed by atoms with Crippen molar-refractivity contribution in [2.24, 2.45) is 0 Å². The van der Waals surface area contributed by atoms with Crippen molar-refractivity contribution in [3.05, 3.63) is 29.8 Å². The fraction of sp³-hybridized carbons (Fsp3) is 0.471. The van der Waals surface area contributed by atoms with Gasteiger partial charge in [0.05, 0.1) is 10.6 Å². The molecule has 0 atom stereocenters. The van der Waals surface area contributed by atoms with Gasteiger partial charge in [0.2, 0.25) is 15.9 Å². The van der Waals surface area contributed by atoms with Crippen LogP contribution in [0.4, 0.5) is 5.69 Å². The molecule has 1 heterocycles. The molecule has 0 bridgehead atoms. The van der Waals surface area contributed by atoms with E-state index in [4.69, 9.17) is 0 Å². The van der Waals surface area contributed by atoms with Gasteiger partial charge in [0.1, 0.15) is 0 Å². The summed E-state index contributed by atoms with van der Waals surface area (Å²) < 4.78 is 27.6. The average molecular weight is 367 g/mol. The molecule has 0 saturated carbocycles. The summed E-state index contributed by atoms with van der Waals surface area (Å²) in [5.41, 5.74) is 1.93. The van der Waals surface area contributed by atoms with Crippen molar-refractivity contribution in [2.75, 3.05) is 17.6 Å². The molecule has 1 aliphatic carbocycles. The Balaban J connectivity index is 1.68. The summed E-state index contributed by atoms with van der Waals surface area (Å²) >= 11 is 1.56. The highest BCUT2D eigenvalue weighted by atomic mass is 32.2. The number of benzene rings is 1. The molecule has 1 aromatic rings. The number of anilines is 1. The summed E-state index contributed by atoms with van der Waals surface area (Å²) in [7, 11) is -3.56. The molecular formula is C17H22N2O3S2. The van der Waals surface area contributed by atoms with Crippen LogP contribution < -0.4 is 10.0 Å². The summed E-state index contributed by atoms with van der Waals surface area (Å²) in [5.74, 6) is 0.631. The molecule has 0 radical (unpaired) electrons. The van der Waals surface area contributed by atoms with Crippen molar-refractivity contribution in [3.63, 3.8) is 0 Å². The van der Waals surface area contributed by atoms with Crippen LogP contribution in [-0.2, 0) is 14.8 Å². The van der Waals surface area contributed by atoms with Crippen molar-refractivity contribution < 1.29 is 13.2 Å². The Morgan fingerprint density at radius 2 is 2.08 bits per heavy atom. The van der Waals surface area contributed by atoms with Gasteiger partial charge in [0.15, 0.2) is 0 Å². The maximum Gasteiger partial charge on any atom is 0.240 e. The smallest absolute Gasteiger partial charge is 0.240 e. The third kappa shape index (κ3) is 4.40. The van der Waals surface area contributed by atoms with Gasteiger partial charge in [-0.2, -0.15) is 0 Å². The van der Waals surface area contributed by atoms with Crippen LogP contribution in [0.3, 0.4) is 0 Å². The van der Waals surface area contributed by atoms with Crippen molar-refractivity contribution >= 4 is 33.4 Å². The Bertz CT molecular complexity index is 757. The molecular weight excluding hydrogens is 344 g/mol. The molecule has 0 fully saturated rings. The minimum atomic E-state index is -3.56. The monoisotopic (exact) mass is 366 g/mol. The second kappa shape index (κ2) is 7.72. The van der Waals surface area contributed by atoms with Crippen LogP contribution in [0.15, 0.2) is 39.6 Å². The van der Waals surface area contributed by atoms with E-state index in [0.717, 1.165) is 24.2 Å². The summed E-state index contributed by atoms with van der Waals surface area (Å²) in [6, 6.07) is 4.92. The molecule has 0 unspecified atom stereocenters. The largest absolute Gasteiger partial charge is 0.325 e. The molecule has 2 aliphatic rings. The Labute approximate surface area is 147 Å². The maximum atomic E-state index is 12.5. The number of sulfonamides is 1. The average Bonchev–Trinajstić information content (AvgIpc) is 2.75. The number of fused-ring (bicyclic) bond motifs is 1. The van der Waals surface area contributed by atoms with Gasteiger partial charge in [0.25, 0.3) is 0 Å². The normalized spacial score (nSPS) is 18.3. The molecule has 1 aromatic carbocycles. The minimum absolute atomic E-state index is 0.0759. The van der Waals surface area contributed by atoms with Gasteiger partial charge < -0.3 is 5.32 Å². The van der Waals surface area contributed by atoms with Gasteiger partial charge in [-0.1, -0.05) is 11.6 Å². The number of amides is 1. The summed E-state index contributed by atoms with van der Waals surface area (Å²) in [5, 5.41) is 2.78. The molecule has 3 rings (SSSR count). The fourth-order valence-corrected chi connectivity index (χ4v) is 4.92. The molecule has 1 amide bonds. The zero-order valence-electron chi connectivity index (χ0n) is 13.5. The lowest BCUT2D eigenvalue weighted by molar-refractivity contribution is -0.115. The highest BCUT2D eigenvalue weighted by Crippen LogP contribution is 2.32. The number of carbonyl (C=O) groups is 1. The van der Waals surface area contributed by atoms with E-state index < -0.39 is 10.0 Å². The third-order valence-electron chi connectivity index (χ3n) is 4.25. The first-order chi connectivity index (χ1) is 11.5. The van der Waals surface area contributed by atoms with Crippen molar-refractivity contribution in [1.29, 1.82) is 0 Å².